The smallest absolute Gasteiger partial charge is 0.345 e. The van der Waals surface area contributed by atoms with E-state index in [0.29, 0.717) is 25.2 Å². The molecule has 0 radical (unpaired) electrons. The van der Waals surface area contributed by atoms with Gasteiger partial charge >= 0.3 is 17.7 Å². The predicted octanol–water partition coefficient (Wildman–Crippen LogP) is 2.25. The zero-order valence-corrected chi connectivity index (χ0v) is 17.2. The summed E-state index contributed by atoms with van der Waals surface area (Å²) in [7, 11) is 0. The molecule has 3 N–H and O–H groups in total. The summed E-state index contributed by atoms with van der Waals surface area (Å²) >= 11 is 0. The highest BCUT2D eigenvalue weighted by Gasteiger charge is 2.15. The summed E-state index contributed by atoms with van der Waals surface area (Å²) in [6.07, 6.45) is 2.74. The molecule has 0 saturated carbocycles. The fourth-order valence-electron chi connectivity index (χ4n) is 2.93. The summed E-state index contributed by atoms with van der Waals surface area (Å²) in [6.45, 7) is 4.76. The highest BCUT2D eigenvalue weighted by molar-refractivity contribution is 5.94. The first kappa shape index (κ1) is 21.8. The Balaban J connectivity index is 1.82. The minimum atomic E-state index is -0.727. The molecule has 0 bridgehead atoms. The van der Waals surface area contributed by atoms with Crippen molar-refractivity contribution in [1.82, 2.24) is 19.9 Å². The number of hydrogen-bond donors (Lipinski definition) is 3. The number of esters is 1. The van der Waals surface area contributed by atoms with Gasteiger partial charge in [-0.2, -0.15) is 0 Å². The Bertz CT molecular complexity index is 1230. The molecule has 0 fully saturated rings. The maximum atomic E-state index is 12.6. The Morgan fingerprint density at radius 2 is 1.97 bits per heavy atom. The zero-order valence-electron chi connectivity index (χ0n) is 17.2. The average Bonchev–Trinajstić information content (AvgIpc) is 2.75. The fourth-order valence-corrected chi connectivity index (χ4v) is 2.93. The molecule has 162 valence electrons. The van der Waals surface area contributed by atoms with E-state index in [1.807, 2.05) is 13.8 Å². The lowest BCUT2D eigenvalue weighted by Gasteiger charge is -2.10. The molecular weight excluding hydrogens is 402 g/mol. The van der Waals surface area contributed by atoms with Crippen molar-refractivity contribution < 1.29 is 14.3 Å². The van der Waals surface area contributed by atoms with E-state index in [1.54, 1.807) is 18.2 Å². The third-order valence-corrected chi connectivity index (χ3v) is 4.35. The van der Waals surface area contributed by atoms with Crippen LogP contribution >= 0.6 is 0 Å². The van der Waals surface area contributed by atoms with Crippen LogP contribution < -0.4 is 26.6 Å². The Labute approximate surface area is 177 Å². The minimum absolute atomic E-state index is 0.0544. The first-order chi connectivity index (χ1) is 14.9. The lowest BCUT2D eigenvalue weighted by Crippen LogP contribution is -2.31. The number of anilines is 1. The lowest BCUT2D eigenvalue weighted by atomic mass is 10.2. The SMILES string of the molecule is CCCNC(=O)Nc1cccc(OC(=O)c2cnc3c(c2)c(=O)[nH]c(=O)n3CCC)c1. The average molecular weight is 425 g/mol. The Hall–Kier alpha value is -3.95. The van der Waals surface area contributed by atoms with Crippen LogP contribution in [0, 0.1) is 0 Å². The molecule has 10 heteroatoms. The summed E-state index contributed by atoms with van der Waals surface area (Å²) in [5, 5.41) is 5.45. The van der Waals surface area contributed by atoms with E-state index in [1.165, 1.54) is 22.9 Å². The Morgan fingerprint density at radius 3 is 2.71 bits per heavy atom. The normalized spacial score (nSPS) is 10.6. The number of rotatable bonds is 7. The van der Waals surface area contributed by atoms with Crippen LogP contribution in [0.25, 0.3) is 11.0 Å². The number of benzene rings is 1. The number of urea groups is 1. The Kier molecular flexibility index (Phi) is 6.81. The number of nitrogens with one attached hydrogen (secondary N) is 3. The number of fused-ring (bicyclic) bond motifs is 1. The first-order valence-electron chi connectivity index (χ1n) is 9.93. The number of aromatic nitrogens is 3. The number of hydrogen-bond acceptors (Lipinski definition) is 6. The molecule has 0 aliphatic carbocycles. The molecule has 2 amide bonds. The molecule has 0 saturated heterocycles. The first-order valence-corrected chi connectivity index (χ1v) is 9.93. The van der Waals surface area contributed by atoms with Crippen molar-refractivity contribution in [2.75, 3.05) is 11.9 Å². The van der Waals surface area contributed by atoms with Gasteiger partial charge in [0.15, 0.2) is 0 Å². The van der Waals surface area contributed by atoms with Gasteiger partial charge in [-0.15, -0.1) is 0 Å². The van der Waals surface area contributed by atoms with Gasteiger partial charge in [-0.1, -0.05) is 19.9 Å². The van der Waals surface area contributed by atoms with Gasteiger partial charge in [-0.25, -0.2) is 19.4 Å². The molecule has 2 aromatic heterocycles. The van der Waals surface area contributed by atoms with Crippen molar-refractivity contribution in [3.63, 3.8) is 0 Å². The van der Waals surface area contributed by atoms with Crippen LogP contribution in [0.5, 0.6) is 5.75 Å². The van der Waals surface area contributed by atoms with E-state index in [9.17, 15) is 19.2 Å². The summed E-state index contributed by atoms with van der Waals surface area (Å²) < 4.78 is 6.71. The van der Waals surface area contributed by atoms with Crippen molar-refractivity contribution >= 4 is 28.7 Å². The van der Waals surface area contributed by atoms with Gasteiger partial charge in [-0.05, 0) is 31.0 Å². The molecule has 3 rings (SSSR count). The highest BCUT2D eigenvalue weighted by Crippen LogP contribution is 2.19. The second kappa shape index (κ2) is 9.70. The van der Waals surface area contributed by atoms with Crippen molar-refractivity contribution in [1.29, 1.82) is 0 Å². The second-order valence-electron chi connectivity index (χ2n) is 6.80. The number of amides is 2. The third kappa shape index (κ3) is 5.16. The molecular formula is C21H23N5O5. The second-order valence-corrected chi connectivity index (χ2v) is 6.80. The molecule has 0 aliphatic rings. The number of nitrogens with zero attached hydrogens (tertiary/aromatic N) is 2. The summed E-state index contributed by atoms with van der Waals surface area (Å²) in [6, 6.07) is 7.34. The number of carbonyl (C=O) groups excluding carboxylic acids is 2. The Morgan fingerprint density at radius 1 is 1.16 bits per heavy atom. The van der Waals surface area contributed by atoms with Crippen molar-refractivity contribution in [2.24, 2.45) is 0 Å². The van der Waals surface area contributed by atoms with Crippen molar-refractivity contribution in [3.8, 4) is 5.75 Å². The summed E-state index contributed by atoms with van der Waals surface area (Å²) in [4.78, 5) is 55.0. The van der Waals surface area contributed by atoms with Crippen LogP contribution in [0.1, 0.15) is 37.0 Å². The highest BCUT2D eigenvalue weighted by atomic mass is 16.5. The van der Waals surface area contributed by atoms with E-state index >= 15 is 0 Å². The molecule has 0 atom stereocenters. The largest absolute Gasteiger partial charge is 0.423 e. The van der Waals surface area contributed by atoms with Crippen LogP contribution in [0.15, 0.2) is 46.1 Å². The number of H-pyrrole nitrogens is 1. The number of carbonyl (C=O) groups is 2. The molecule has 10 nitrogen and oxygen atoms in total. The maximum absolute atomic E-state index is 12.6. The van der Waals surface area contributed by atoms with E-state index < -0.39 is 17.2 Å². The van der Waals surface area contributed by atoms with E-state index in [-0.39, 0.29) is 28.4 Å². The quantitative estimate of drug-likeness (QED) is 0.392. The summed E-state index contributed by atoms with van der Waals surface area (Å²) in [5.41, 5.74) is -0.459. The van der Waals surface area contributed by atoms with Gasteiger partial charge in [0.1, 0.15) is 11.4 Å². The monoisotopic (exact) mass is 425 g/mol. The van der Waals surface area contributed by atoms with E-state index in [2.05, 4.69) is 20.6 Å². The number of ether oxygens (including phenoxy) is 1. The van der Waals surface area contributed by atoms with Gasteiger partial charge < -0.3 is 15.4 Å². The van der Waals surface area contributed by atoms with E-state index in [0.717, 1.165) is 6.42 Å². The molecule has 0 unspecified atom stereocenters. The lowest BCUT2D eigenvalue weighted by molar-refractivity contribution is 0.0734. The van der Waals surface area contributed by atoms with Gasteiger partial charge in [0, 0.05) is 31.0 Å². The third-order valence-electron chi connectivity index (χ3n) is 4.35. The van der Waals surface area contributed by atoms with Gasteiger partial charge in [0.2, 0.25) is 0 Å². The molecule has 31 heavy (non-hydrogen) atoms. The molecule has 1 aromatic carbocycles. The maximum Gasteiger partial charge on any atom is 0.345 e. The summed E-state index contributed by atoms with van der Waals surface area (Å²) in [5.74, 6) is -0.516. The van der Waals surface area contributed by atoms with Crippen LogP contribution in [-0.4, -0.2) is 33.1 Å². The van der Waals surface area contributed by atoms with Crippen LogP contribution in [-0.2, 0) is 6.54 Å². The number of pyridine rings is 1. The van der Waals surface area contributed by atoms with Gasteiger partial charge in [-0.3, -0.25) is 14.3 Å². The predicted molar refractivity (Wildman–Crippen MR) is 116 cm³/mol. The molecule has 0 aliphatic heterocycles. The standard InChI is InChI=1S/C21H23N5O5/c1-3-8-22-20(29)24-14-6-5-7-15(11-14)31-19(28)13-10-16-17(23-12-13)26(9-4-2)21(30)25-18(16)27/h5-7,10-12H,3-4,8-9H2,1-2H3,(H2,22,24,29)(H,25,27,30). The topological polar surface area (TPSA) is 135 Å². The van der Waals surface area contributed by atoms with Crippen LogP contribution in [0.2, 0.25) is 0 Å². The van der Waals surface area contributed by atoms with Crippen LogP contribution in [0.3, 0.4) is 0 Å². The number of aryl methyl sites for hydroxylation is 1. The fraction of sp³-hybridized carbons (Fsp3) is 0.286. The van der Waals surface area contributed by atoms with Gasteiger partial charge in [0.05, 0.1) is 10.9 Å². The van der Waals surface area contributed by atoms with Crippen molar-refractivity contribution in [2.45, 2.75) is 33.2 Å². The molecule has 2 heterocycles. The molecule has 3 aromatic rings. The number of aromatic amines is 1. The minimum Gasteiger partial charge on any atom is -0.423 e. The van der Waals surface area contributed by atoms with E-state index in [4.69, 9.17) is 4.74 Å². The van der Waals surface area contributed by atoms with Gasteiger partial charge in [0.25, 0.3) is 5.56 Å². The molecule has 0 spiro atoms. The van der Waals surface area contributed by atoms with Crippen molar-refractivity contribution in [3.05, 3.63) is 62.9 Å². The van der Waals surface area contributed by atoms with Crippen LogP contribution in [0.4, 0.5) is 10.5 Å². The zero-order chi connectivity index (χ0) is 22.4.